The third-order valence-corrected chi connectivity index (χ3v) is 4.76. The lowest BCUT2D eigenvalue weighted by molar-refractivity contribution is 0.327. The van der Waals surface area contributed by atoms with Crippen LogP contribution in [-0.4, -0.2) is 69.6 Å². The first-order valence-electron chi connectivity index (χ1n) is 5.65. The van der Waals surface area contributed by atoms with Gasteiger partial charge in [0.2, 0.25) is 0 Å². The van der Waals surface area contributed by atoms with Gasteiger partial charge in [-0.15, -0.1) is 0 Å². The highest BCUT2D eigenvalue weighted by Crippen LogP contribution is 2.10. The van der Waals surface area contributed by atoms with E-state index in [9.17, 15) is 8.42 Å². The first-order chi connectivity index (χ1) is 7.47. The number of hydrogen-bond donors (Lipinski definition) is 1. The van der Waals surface area contributed by atoms with Crippen molar-refractivity contribution < 1.29 is 8.42 Å². The second-order valence-corrected chi connectivity index (χ2v) is 7.86. The Kier molecular flexibility index (Phi) is 6.10. The van der Waals surface area contributed by atoms with Gasteiger partial charge >= 0.3 is 0 Å². The van der Waals surface area contributed by atoms with E-state index in [-0.39, 0.29) is 5.75 Å². The summed E-state index contributed by atoms with van der Waals surface area (Å²) >= 11 is 2.00. The third kappa shape index (κ3) is 6.73. The molecule has 0 aromatic carbocycles. The summed E-state index contributed by atoms with van der Waals surface area (Å²) in [4.78, 5) is 2.10. The van der Waals surface area contributed by atoms with Gasteiger partial charge in [0.15, 0.2) is 0 Å². The number of hydrogen-bond acceptors (Lipinski definition) is 5. The highest BCUT2D eigenvalue weighted by atomic mass is 32.2. The molecule has 0 aromatic heterocycles. The lowest BCUT2D eigenvalue weighted by atomic mass is 10.2. The van der Waals surface area contributed by atoms with Crippen molar-refractivity contribution in [1.82, 2.24) is 10.2 Å². The van der Waals surface area contributed by atoms with Crippen LogP contribution < -0.4 is 5.32 Å². The molecule has 6 heteroatoms. The molecular weight excluding hydrogens is 244 g/mol. The molecule has 96 valence electrons. The molecule has 0 radical (unpaired) electrons. The molecule has 16 heavy (non-hydrogen) atoms. The Bertz CT molecular complexity index is 287. The predicted octanol–water partition coefficient (Wildman–Crippen LogP) is 0.0579. The van der Waals surface area contributed by atoms with E-state index in [1.165, 1.54) is 17.8 Å². The van der Waals surface area contributed by atoms with Gasteiger partial charge in [0.25, 0.3) is 0 Å². The number of sulfone groups is 1. The summed E-state index contributed by atoms with van der Waals surface area (Å²) in [6.45, 7) is 2.70. The molecule has 0 saturated carbocycles. The molecule has 4 nitrogen and oxygen atoms in total. The summed E-state index contributed by atoms with van der Waals surface area (Å²) < 4.78 is 22.0. The summed E-state index contributed by atoms with van der Waals surface area (Å²) in [5.74, 6) is 2.65. The average molecular weight is 266 g/mol. The second kappa shape index (κ2) is 6.83. The van der Waals surface area contributed by atoms with E-state index < -0.39 is 9.84 Å². The van der Waals surface area contributed by atoms with Crippen LogP contribution in [0.15, 0.2) is 0 Å². The number of nitrogens with one attached hydrogen (secondary N) is 1. The monoisotopic (exact) mass is 266 g/mol. The lowest BCUT2D eigenvalue weighted by Gasteiger charge is -2.25. The molecule has 1 aliphatic heterocycles. The normalized spacial score (nSPS) is 22.6. The number of thioether (sulfide) groups is 1. The Hall–Kier alpha value is 0.220. The SMILES string of the molecule is CN(CCC1CSCCN1)CCS(C)(=O)=O. The van der Waals surface area contributed by atoms with Gasteiger partial charge in [0, 0.05) is 36.9 Å². The van der Waals surface area contributed by atoms with Crippen LogP contribution in [0.25, 0.3) is 0 Å². The molecule has 0 bridgehead atoms. The van der Waals surface area contributed by atoms with Gasteiger partial charge in [-0.05, 0) is 20.0 Å². The fourth-order valence-corrected chi connectivity index (χ4v) is 3.26. The summed E-state index contributed by atoms with van der Waals surface area (Å²) in [5, 5.41) is 3.48. The highest BCUT2D eigenvalue weighted by molar-refractivity contribution is 7.99. The van der Waals surface area contributed by atoms with E-state index in [0.29, 0.717) is 12.6 Å². The molecular formula is C10H22N2O2S2. The maximum atomic E-state index is 11.0. The Morgan fingerprint density at radius 3 is 2.75 bits per heavy atom. The Balaban J connectivity index is 2.11. The minimum Gasteiger partial charge on any atom is -0.312 e. The molecule has 1 heterocycles. The molecule has 1 rings (SSSR count). The quantitative estimate of drug-likeness (QED) is 0.737. The zero-order valence-corrected chi connectivity index (χ0v) is 11.7. The number of nitrogens with zero attached hydrogens (tertiary/aromatic N) is 1. The van der Waals surface area contributed by atoms with Crippen molar-refractivity contribution >= 4 is 21.6 Å². The molecule has 1 unspecified atom stereocenters. The lowest BCUT2D eigenvalue weighted by Crippen LogP contribution is -2.40. The molecule has 1 fully saturated rings. The van der Waals surface area contributed by atoms with E-state index in [1.54, 1.807) is 0 Å². The molecule has 1 N–H and O–H groups in total. The maximum absolute atomic E-state index is 11.0. The van der Waals surface area contributed by atoms with Crippen LogP contribution in [-0.2, 0) is 9.84 Å². The van der Waals surface area contributed by atoms with Gasteiger partial charge in [-0.3, -0.25) is 0 Å². The first kappa shape index (κ1) is 14.3. The highest BCUT2D eigenvalue weighted by Gasteiger charge is 2.13. The Morgan fingerprint density at radius 2 is 2.19 bits per heavy atom. The van der Waals surface area contributed by atoms with Gasteiger partial charge in [0.1, 0.15) is 9.84 Å². The third-order valence-electron chi connectivity index (χ3n) is 2.70. The van der Waals surface area contributed by atoms with Crippen LogP contribution in [0, 0.1) is 0 Å². The van der Waals surface area contributed by atoms with Crippen molar-refractivity contribution in [1.29, 1.82) is 0 Å². The van der Waals surface area contributed by atoms with Crippen molar-refractivity contribution in [3.8, 4) is 0 Å². The minimum atomic E-state index is -2.82. The van der Waals surface area contributed by atoms with Crippen LogP contribution >= 0.6 is 11.8 Å². The van der Waals surface area contributed by atoms with E-state index in [2.05, 4.69) is 10.2 Å². The molecule has 0 spiro atoms. The summed E-state index contributed by atoms with van der Waals surface area (Å²) in [6.07, 6.45) is 2.40. The minimum absolute atomic E-state index is 0.260. The van der Waals surface area contributed by atoms with Crippen molar-refractivity contribution in [3.63, 3.8) is 0 Å². The predicted molar refractivity (Wildman–Crippen MR) is 70.9 cm³/mol. The first-order valence-corrected chi connectivity index (χ1v) is 8.86. The molecule has 1 saturated heterocycles. The molecule has 1 aliphatic rings. The molecule has 1 atom stereocenters. The fraction of sp³-hybridized carbons (Fsp3) is 1.00. The number of rotatable bonds is 6. The molecule has 0 aromatic rings. The van der Waals surface area contributed by atoms with Gasteiger partial charge < -0.3 is 10.2 Å². The van der Waals surface area contributed by atoms with Crippen LogP contribution in [0.4, 0.5) is 0 Å². The summed E-state index contributed by atoms with van der Waals surface area (Å²) in [6, 6.07) is 0.597. The second-order valence-electron chi connectivity index (χ2n) is 4.45. The van der Waals surface area contributed by atoms with Gasteiger partial charge in [-0.1, -0.05) is 0 Å². The van der Waals surface area contributed by atoms with Crippen LogP contribution in [0.3, 0.4) is 0 Å². The zero-order valence-electron chi connectivity index (χ0n) is 10.1. The van der Waals surface area contributed by atoms with E-state index in [4.69, 9.17) is 0 Å². The standard InChI is InChI=1S/C10H22N2O2S2/c1-12(6-8-16(2,13)14)5-3-10-9-15-7-4-11-10/h10-11H,3-9H2,1-2H3. The fourth-order valence-electron chi connectivity index (χ4n) is 1.61. The average Bonchev–Trinajstić information content (AvgIpc) is 2.24. The zero-order chi connectivity index (χ0) is 12.0. The van der Waals surface area contributed by atoms with Crippen LogP contribution in [0.2, 0.25) is 0 Å². The van der Waals surface area contributed by atoms with Gasteiger partial charge in [-0.25, -0.2) is 8.42 Å². The van der Waals surface area contributed by atoms with Crippen LogP contribution in [0.5, 0.6) is 0 Å². The van der Waals surface area contributed by atoms with Gasteiger partial charge in [0.05, 0.1) is 5.75 Å². The summed E-state index contributed by atoms with van der Waals surface area (Å²) in [7, 11) is -0.837. The van der Waals surface area contributed by atoms with Crippen LogP contribution in [0.1, 0.15) is 6.42 Å². The van der Waals surface area contributed by atoms with Crippen molar-refractivity contribution in [2.24, 2.45) is 0 Å². The topological polar surface area (TPSA) is 49.4 Å². The van der Waals surface area contributed by atoms with E-state index in [0.717, 1.165) is 19.5 Å². The molecule has 0 aliphatic carbocycles. The maximum Gasteiger partial charge on any atom is 0.148 e. The Labute approximate surface area is 103 Å². The van der Waals surface area contributed by atoms with Crippen molar-refractivity contribution in [2.45, 2.75) is 12.5 Å². The van der Waals surface area contributed by atoms with Crippen molar-refractivity contribution in [3.05, 3.63) is 0 Å². The molecule has 0 amide bonds. The van der Waals surface area contributed by atoms with Gasteiger partial charge in [-0.2, -0.15) is 11.8 Å². The Morgan fingerprint density at radius 1 is 1.44 bits per heavy atom. The largest absolute Gasteiger partial charge is 0.312 e. The van der Waals surface area contributed by atoms with Crippen molar-refractivity contribution in [2.75, 3.05) is 50.2 Å². The van der Waals surface area contributed by atoms with E-state index >= 15 is 0 Å². The van der Waals surface area contributed by atoms with E-state index in [1.807, 2.05) is 18.8 Å². The smallest absolute Gasteiger partial charge is 0.148 e. The summed E-state index contributed by atoms with van der Waals surface area (Å²) in [5.41, 5.74) is 0.